The molecule has 10 heteroatoms. The Kier molecular flexibility index (Phi) is 4.73. The van der Waals surface area contributed by atoms with Crippen LogP contribution >= 0.6 is 34.5 Å². The number of benzene rings is 1. The van der Waals surface area contributed by atoms with Crippen LogP contribution in [0.1, 0.15) is 0 Å². The van der Waals surface area contributed by atoms with Crippen molar-refractivity contribution in [1.29, 1.82) is 0 Å². The molecule has 0 saturated carbocycles. The molecule has 0 aliphatic heterocycles. The number of hydrogen-bond acceptors (Lipinski definition) is 5. The summed E-state index contributed by atoms with van der Waals surface area (Å²) in [6, 6.07) is 8.30. The van der Waals surface area contributed by atoms with Crippen LogP contribution in [0, 0.1) is 0 Å². The Bertz CT molecular complexity index is 991. The molecule has 2 heterocycles. The highest BCUT2D eigenvalue weighted by Gasteiger charge is 2.22. The van der Waals surface area contributed by atoms with E-state index in [1.807, 2.05) is 10.8 Å². The summed E-state index contributed by atoms with van der Waals surface area (Å²) in [6.45, 7) is -0.448. The molecule has 0 aliphatic rings. The number of carbonyl (C=O) groups excluding carboxylic acids is 1. The SMILES string of the molecule is O=C(COc1cccc2[nH]ccc12)NS(=O)(=O)c1cc(Cl)c(Cl)s1. The van der Waals surface area contributed by atoms with Crippen LogP contribution < -0.4 is 9.46 Å². The van der Waals surface area contributed by atoms with Crippen molar-refractivity contribution in [2.75, 3.05) is 6.61 Å². The zero-order valence-electron chi connectivity index (χ0n) is 11.9. The van der Waals surface area contributed by atoms with E-state index in [1.54, 1.807) is 24.4 Å². The molecule has 6 nitrogen and oxygen atoms in total. The molecular weight excluding hydrogens is 395 g/mol. The minimum Gasteiger partial charge on any atom is -0.483 e. The Morgan fingerprint density at radius 3 is 2.79 bits per heavy atom. The Hall–Kier alpha value is -1.74. The fourth-order valence-corrected chi connectivity index (χ4v) is 4.87. The molecule has 0 atom stereocenters. The minimum absolute atomic E-state index is 0.116. The molecule has 0 bridgehead atoms. The molecule has 0 aliphatic carbocycles. The first kappa shape index (κ1) is 17.1. The fraction of sp³-hybridized carbons (Fsp3) is 0.0714. The van der Waals surface area contributed by atoms with Gasteiger partial charge in [0.2, 0.25) is 0 Å². The molecule has 0 radical (unpaired) electrons. The van der Waals surface area contributed by atoms with Gasteiger partial charge in [-0.1, -0.05) is 29.3 Å². The van der Waals surface area contributed by atoms with Crippen LogP contribution in [0.15, 0.2) is 40.7 Å². The minimum atomic E-state index is -4.03. The summed E-state index contributed by atoms with van der Waals surface area (Å²) in [5.74, 6) is -0.327. The second-order valence-electron chi connectivity index (χ2n) is 4.70. The van der Waals surface area contributed by atoms with Crippen molar-refractivity contribution < 1.29 is 17.9 Å². The number of hydrogen-bond donors (Lipinski definition) is 2. The second kappa shape index (κ2) is 6.64. The van der Waals surface area contributed by atoms with Crippen LogP contribution in [0.3, 0.4) is 0 Å². The number of ether oxygens (including phenoxy) is 1. The van der Waals surface area contributed by atoms with Gasteiger partial charge in [-0.05, 0) is 24.3 Å². The predicted octanol–water partition coefficient (Wildman–Crippen LogP) is 3.42. The number of thiophene rings is 1. The average molecular weight is 405 g/mol. The van der Waals surface area contributed by atoms with E-state index in [2.05, 4.69) is 4.98 Å². The number of rotatable bonds is 5. The topological polar surface area (TPSA) is 88.3 Å². The summed E-state index contributed by atoms with van der Waals surface area (Å²) in [6.07, 6.45) is 1.74. The molecule has 2 aromatic heterocycles. The molecule has 0 unspecified atom stereocenters. The molecule has 1 aromatic carbocycles. The first-order valence-corrected chi connectivity index (χ1v) is 9.62. The van der Waals surface area contributed by atoms with Crippen molar-refractivity contribution >= 4 is 61.4 Å². The van der Waals surface area contributed by atoms with E-state index < -0.39 is 22.5 Å². The Balaban J connectivity index is 1.68. The van der Waals surface area contributed by atoms with Gasteiger partial charge in [0.1, 0.15) is 14.3 Å². The number of carbonyl (C=O) groups is 1. The van der Waals surface area contributed by atoms with Crippen molar-refractivity contribution in [2.24, 2.45) is 0 Å². The number of sulfonamides is 1. The van der Waals surface area contributed by atoms with Crippen molar-refractivity contribution in [3.63, 3.8) is 0 Å². The van der Waals surface area contributed by atoms with Gasteiger partial charge < -0.3 is 9.72 Å². The molecular formula is C14H10Cl2N2O4S2. The maximum Gasteiger partial charge on any atom is 0.273 e. The molecule has 24 heavy (non-hydrogen) atoms. The van der Waals surface area contributed by atoms with Gasteiger partial charge in [-0.2, -0.15) is 0 Å². The normalized spacial score (nSPS) is 11.6. The van der Waals surface area contributed by atoms with Crippen molar-refractivity contribution in [1.82, 2.24) is 9.71 Å². The fourth-order valence-electron chi connectivity index (χ4n) is 2.01. The lowest BCUT2D eigenvalue weighted by molar-refractivity contribution is -0.121. The quantitative estimate of drug-likeness (QED) is 0.681. The van der Waals surface area contributed by atoms with E-state index in [0.717, 1.165) is 22.2 Å². The standard InChI is InChI=1S/C14H10Cl2N2O4S2/c15-9-6-13(23-14(9)16)24(20,21)18-12(19)7-22-11-3-1-2-10-8(11)4-5-17-10/h1-6,17H,7H2,(H,18,19). The zero-order valence-corrected chi connectivity index (χ0v) is 15.0. The summed E-state index contributed by atoms with van der Waals surface area (Å²) in [4.78, 5) is 14.9. The Morgan fingerprint density at radius 2 is 2.08 bits per heavy atom. The van der Waals surface area contributed by atoms with Gasteiger partial charge in [0, 0.05) is 17.1 Å². The Morgan fingerprint density at radius 1 is 1.29 bits per heavy atom. The number of H-pyrrole nitrogens is 1. The number of fused-ring (bicyclic) bond motifs is 1. The summed E-state index contributed by atoms with van der Waals surface area (Å²) >= 11 is 12.2. The number of aromatic amines is 1. The third kappa shape index (κ3) is 3.51. The van der Waals surface area contributed by atoms with Crippen LogP contribution in [0.25, 0.3) is 10.9 Å². The highest BCUT2D eigenvalue weighted by atomic mass is 35.5. The van der Waals surface area contributed by atoms with Crippen molar-refractivity contribution in [2.45, 2.75) is 4.21 Å². The van der Waals surface area contributed by atoms with Gasteiger partial charge >= 0.3 is 0 Å². The average Bonchev–Trinajstić information content (AvgIpc) is 3.12. The van der Waals surface area contributed by atoms with Gasteiger partial charge in [0.25, 0.3) is 15.9 Å². The lowest BCUT2D eigenvalue weighted by atomic mass is 10.2. The second-order valence-corrected chi connectivity index (χ2v) is 8.67. The largest absolute Gasteiger partial charge is 0.483 e. The first-order valence-electron chi connectivity index (χ1n) is 6.56. The van der Waals surface area contributed by atoms with Gasteiger partial charge in [-0.25, -0.2) is 13.1 Å². The molecule has 126 valence electrons. The molecule has 3 aromatic rings. The van der Waals surface area contributed by atoms with E-state index in [4.69, 9.17) is 27.9 Å². The van der Waals surface area contributed by atoms with Gasteiger partial charge in [-0.15, -0.1) is 11.3 Å². The summed E-state index contributed by atoms with van der Waals surface area (Å²) < 4.78 is 31.5. The number of aromatic nitrogens is 1. The smallest absolute Gasteiger partial charge is 0.273 e. The lowest BCUT2D eigenvalue weighted by Crippen LogP contribution is -2.34. The Labute approximate surface area is 151 Å². The highest BCUT2D eigenvalue weighted by Crippen LogP contribution is 2.34. The third-order valence-corrected chi connectivity index (χ3v) is 6.76. The van der Waals surface area contributed by atoms with Gasteiger partial charge in [-0.3, -0.25) is 4.79 Å². The molecule has 0 spiro atoms. The summed E-state index contributed by atoms with van der Waals surface area (Å²) in [7, 11) is -4.03. The number of nitrogens with one attached hydrogen (secondary N) is 2. The summed E-state index contributed by atoms with van der Waals surface area (Å²) in [5.41, 5.74) is 0.850. The third-order valence-electron chi connectivity index (χ3n) is 3.05. The number of halogens is 2. The first-order chi connectivity index (χ1) is 11.4. The van der Waals surface area contributed by atoms with Crippen molar-refractivity contribution in [3.8, 4) is 5.75 Å². The zero-order chi connectivity index (χ0) is 17.3. The maximum absolute atomic E-state index is 12.1. The van der Waals surface area contributed by atoms with Crippen molar-refractivity contribution in [3.05, 3.63) is 45.9 Å². The number of amides is 1. The van der Waals surface area contributed by atoms with E-state index in [0.29, 0.717) is 5.75 Å². The van der Waals surface area contributed by atoms with Crippen LogP contribution in [-0.2, 0) is 14.8 Å². The predicted molar refractivity (Wildman–Crippen MR) is 93.5 cm³/mol. The molecule has 0 fully saturated rings. The van der Waals surface area contributed by atoms with Crippen LogP contribution in [0.5, 0.6) is 5.75 Å². The maximum atomic E-state index is 12.1. The van der Waals surface area contributed by atoms with Gasteiger partial charge in [0.15, 0.2) is 6.61 Å². The monoisotopic (exact) mass is 404 g/mol. The molecule has 2 N–H and O–H groups in total. The van der Waals surface area contributed by atoms with E-state index >= 15 is 0 Å². The summed E-state index contributed by atoms with van der Waals surface area (Å²) in [5, 5.41) is 0.912. The van der Waals surface area contributed by atoms with Crippen LogP contribution in [-0.4, -0.2) is 25.9 Å². The van der Waals surface area contributed by atoms with E-state index in [-0.39, 0.29) is 13.6 Å². The van der Waals surface area contributed by atoms with E-state index in [9.17, 15) is 13.2 Å². The molecule has 1 amide bonds. The van der Waals surface area contributed by atoms with Gasteiger partial charge in [0.05, 0.1) is 5.02 Å². The molecule has 0 saturated heterocycles. The van der Waals surface area contributed by atoms with Crippen LogP contribution in [0.2, 0.25) is 9.36 Å². The van der Waals surface area contributed by atoms with Crippen LogP contribution in [0.4, 0.5) is 0 Å². The molecule has 3 rings (SSSR count). The van der Waals surface area contributed by atoms with E-state index in [1.165, 1.54) is 6.07 Å². The highest BCUT2D eigenvalue weighted by molar-refractivity contribution is 7.92. The lowest BCUT2D eigenvalue weighted by Gasteiger charge is -2.08.